The summed E-state index contributed by atoms with van der Waals surface area (Å²) < 4.78 is 6.41. The molecule has 0 spiro atoms. The number of ether oxygens (including phenoxy) is 1. The van der Waals surface area contributed by atoms with Crippen molar-refractivity contribution in [3.63, 3.8) is 0 Å². The average Bonchev–Trinajstić information content (AvgIpc) is 3.25. The molecule has 2 amide bonds. The molecule has 4 rings (SSSR count). The lowest BCUT2D eigenvalue weighted by Crippen LogP contribution is -2.41. The molecule has 0 saturated carbocycles. The summed E-state index contributed by atoms with van der Waals surface area (Å²) >= 11 is 3.58. The molecule has 0 radical (unpaired) electrons. The monoisotopic (exact) mass is 569 g/mol. The highest BCUT2D eigenvalue weighted by molar-refractivity contribution is 9.10. The molecule has 0 saturated heterocycles. The van der Waals surface area contributed by atoms with E-state index in [4.69, 9.17) is 4.74 Å². The third-order valence-corrected chi connectivity index (χ3v) is 7.12. The molecular formula is C28H36BrN5O3. The summed E-state index contributed by atoms with van der Waals surface area (Å²) in [6.07, 6.45) is 1.48. The molecule has 1 aliphatic heterocycles. The molecule has 1 aromatic heterocycles. The van der Waals surface area contributed by atoms with E-state index >= 15 is 0 Å². The zero-order valence-corrected chi connectivity index (χ0v) is 23.4. The Morgan fingerprint density at radius 2 is 1.92 bits per heavy atom. The van der Waals surface area contributed by atoms with Crippen molar-refractivity contribution in [2.45, 2.75) is 25.8 Å². The number of rotatable bonds is 10. The number of fused-ring (bicyclic) bond motifs is 3. The zero-order chi connectivity index (χ0) is 26.4. The van der Waals surface area contributed by atoms with Crippen LogP contribution in [0.3, 0.4) is 0 Å². The molecule has 0 aliphatic carbocycles. The zero-order valence-electron chi connectivity index (χ0n) is 21.8. The van der Waals surface area contributed by atoms with Crippen LogP contribution in [0.25, 0.3) is 10.9 Å². The summed E-state index contributed by atoms with van der Waals surface area (Å²) in [4.78, 5) is 33.0. The van der Waals surface area contributed by atoms with E-state index in [1.54, 1.807) is 4.90 Å². The average molecular weight is 571 g/mol. The topological polar surface area (TPSA) is 89.7 Å². The van der Waals surface area contributed by atoms with Crippen molar-refractivity contribution in [2.24, 2.45) is 0 Å². The maximum Gasteiger partial charge on any atom is 0.410 e. The highest BCUT2D eigenvalue weighted by atomic mass is 79.9. The van der Waals surface area contributed by atoms with Crippen molar-refractivity contribution in [3.8, 4) is 0 Å². The molecule has 0 fully saturated rings. The van der Waals surface area contributed by atoms with Crippen molar-refractivity contribution in [2.75, 3.05) is 53.4 Å². The quantitative estimate of drug-likeness (QED) is 0.317. The number of aromatic amines is 1. The van der Waals surface area contributed by atoms with Gasteiger partial charge < -0.3 is 25.3 Å². The molecular weight excluding hydrogens is 534 g/mol. The largest absolute Gasteiger partial charge is 0.450 e. The molecule has 1 atom stereocenters. The molecule has 0 bridgehead atoms. The lowest BCUT2D eigenvalue weighted by Gasteiger charge is -2.35. The van der Waals surface area contributed by atoms with Gasteiger partial charge in [-0.05, 0) is 88.4 Å². The van der Waals surface area contributed by atoms with Crippen LogP contribution < -0.4 is 10.6 Å². The third-order valence-electron chi connectivity index (χ3n) is 6.63. The fraction of sp³-hybridized carbons (Fsp3) is 0.429. The molecule has 3 N–H and O–H groups in total. The van der Waals surface area contributed by atoms with E-state index in [-0.39, 0.29) is 18.0 Å². The maximum atomic E-state index is 12.9. The number of aromatic nitrogens is 1. The summed E-state index contributed by atoms with van der Waals surface area (Å²) in [5.41, 5.74) is 4.76. The molecule has 2 heterocycles. The third kappa shape index (κ3) is 6.52. The fourth-order valence-corrected chi connectivity index (χ4v) is 5.20. The second kappa shape index (κ2) is 12.6. The molecule has 8 nitrogen and oxygen atoms in total. The number of benzene rings is 2. The van der Waals surface area contributed by atoms with Crippen molar-refractivity contribution < 1.29 is 14.3 Å². The Balaban J connectivity index is 1.48. The summed E-state index contributed by atoms with van der Waals surface area (Å²) in [5.74, 6) is -0.108. The predicted octanol–water partition coefficient (Wildman–Crippen LogP) is 4.31. The summed E-state index contributed by atoms with van der Waals surface area (Å²) in [6, 6.07) is 13.4. The van der Waals surface area contributed by atoms with Crippen molar-refractivity contribution in [1.82, 2.24) is 25.4 Å². The fourth-order valence-electron chi connectivity index (χ4n) is 4.84. The molecule has 9 heteroatoms. The predicted molar refractivity (Wildman–Crippen MR) is 150 cm³/mol. The van der Waals surface area contributed by atoms with Gasteiger partial charge in [-0.1, -0.05) is 28.1 Å². The minimum absolute atomic E-state index is 0.108. The first-order valence-corrected chi connectivity index (χ1v) is 13.6. The van der Waals surface area contributed by atoms with Gasteiger partial charge in [0, 0.05) is 46.3 Å². The number of hydrogen-bond donors (Lipinski definition) is 3. The number of halogens is 1. The van der Waals surface area contributed by atoms with E-state index in [1.807, 2.05) is 43.3 Å². The maximum absolute atomic E-state index is 12.9. The standard InChI is InChI=1S/C28H36BrN5O3/c1-4-37-28(36)34-17-12-22-23-18-21(29)10-11-24(23)32-25(22)26(34)19-6-8-20(9-7-19)27(35)31-15-14-30-13-5-16-33(2)3/h6-11,18,26,30,32H,4-5,12-17H2,1-3H3,(H,31,35). The van der Waals surface area contributed by atoms with Crippen LogP contribution in [0.5, 0.6) is 0 Å². The van der Waals surface area contributed by atoms with Gasteiger partial charge in [-0.15, -0.1) is 0 Å². The highest BCUT2D eigenvalue weighted by Gasteiger charge is 2.35. The first-order chi connectivity index (χ1) is 17.9. The summed E-state index contributed by atoms with van der Waals surface area (Å²) in [6.45, 7) is 5.95. The van der Waals surface area contributed by atoms with Crippen LogP contribution >= 0.6 is 15.9 Å². The van der Waals surface area contributed by atoms with Crippen LogP contribution in [0.1, 0.15) is 46.6 Å². The van der Waals surface area contributed by atoms with E-state index in [9.17, 15) is 9.59 Å². The first kappa shape index (κ1) is 27.2. The number of carbonyl (C=O) groups excluding carboxylic acids is 2. The van der Waals surface area contributed by atoms with E-state index in [0.29, 0.717) is 25.3 Å². The van der Waals surface area contributed by atoms with Gasteiger partial charge in [0.2, 0.25) is 0 Å². The van der Waals surface area contributed by atoms with Crippen LogP contribution in [0.2, 0.25) is 0 Å². The van der Waals surface area contributed by atoms with Gasteiger partial charge in [0.25, 0.3) is 5.91 Å². The molecule has 198 valence electrons. The normalized spacial score (nSPS) is 15.2. The Hall–Kier alpha value is -2.88. The van der Waals surface area contributed by atoms with E-state index in [1.165, 1.54) is 5.56 Å². The van der Waals surface area contributed by atoms with Crippen molar-refractivity contribution in [1.29, 1.82) is 0 Å². The number of nitrogens with zero attached hydrogens (tertiary/aromatic N) is 2. The minimum Gasteiger partial charge on any atom is -0.450 e. The molecule has 3 aromatic rings. The van der Waals surface area contributed by atoms with Gasteiger partial charge in [-0.3, -0.25) is 9.69 Å². The summed E-state index contributed by atoms with van der Waals surface area (Å²) in [7, 11) is 4.12. The Morgan fingerprint density at radius 1 is 1.14 bits per heavy atom. The lowest BCUT2D eigenvalue weighted by molar-refractivity contribution is 0.0926. The Bertz CT molecular complexity index is 1220. The van der Waals surface area contributed by atoms with Gasteiger partial charge in [-0.2, -0.15) is 0 Å². The van der Waals surface area contributed by atoms with Gasteiger partial charge in [0.05, 0.1) is 6.61 Å². The Labute approximate surface area is 226 Å². The second-order valence-corrected chi connectivity index (χ2v) is 10.5. The molecule has 2 aromatic carbocycles. The number of nitrogens with one attached hydrogen (secondary N) is 3. The number of amides is 2. The summed E-state index contributed by atoms with van der Waals surface area (Å²) in [5, 5.41) is 7.48. The Kier molecular flexibility index (Phi) is 9.23. The smallest absolute Gasteiger partial charge is 0.410 e. The van der Waals surface area contributed by atoms with Crippen LogP contribution in [0.4, 0.5) is 4.79 Å². The van der Waals surface area contributed by atoms with Crippen molar-refractivity contribution >= 4 is 38.8 Å². The molecule has 37 heavy (non-hydrogen) atoms. The Morgan fingerprint density at radius 3 is 2.65 bits per heavy atom. The van der Waals surface area contributed by atoms with Crippen LogP contribution in [0, 0.1) is 0 Å². The molecule has 1 aliphatic rings. The first-order valence-electron chi connectivity index (χ1n) is 12.9. The molecule has 1 unspecified atom stereocenters. The lowest BCUT2D eigenvalue weighted by atomic mass is 9.92. The van der Waals surface area contributed by atoms with Crippen molar-refractivity contribution in [3.05, 3.63) is 69.3 Å². The van der Waals surface area contributed by atoms with E-state index in [0.717, 1.165) is 59.1 Å². The van der Waals surface area contributed by atoms with Gasteiger partial charge >= 0.3 is 6.09 Å². The van der Waals surface area contributed by atoms with Gasteiger partial charge in [0.1, 0.15) is 6.04 Å². The van der Waals surface area contributed by atoms with Crippen LogP contribution in [-0.2, 0) is 11.2 Å². The highest BCUT2D eigenvalue weighted by Crippen LogP contribution is 2.39. The van der Waals surface area contributed by atoms with Gasteiger partial charge in [0.15, 0.2) is 0 Å². The van der Waals surface area contributed by atoms with E-state index < -0.39 is 0 Å². The van der Waals surface area contributed by atoms with Crippen LogP contribution in [-0.4, -0.2) is 80.2 Å². The SMILES string of the molecule is CCOC(=O)N1CCc2c([nH]c3ccc(Br)cc23)C1c1ccc(C(=O)NCCNCCCN(C)C)cc1. The number of hydrogen-bond acceptors (Lipinski definition) is 5. The number of H-pyrrole nitrogens is 1. The minimum atomic E-state index is -0.335. The second-order valence-electron chi connectivity index (χ2n) is 9.54. The van der Waals surface area contributed by atoms with Gasteiger partial charge in [-0.25, -0.2) is 4.79 Å². The van der Waals surface area contributed by atoms with Crippen LogP contribution in [0.15, 0.2) is 46.9 Å². The number of carbonyl (C=O) groups is 2. The van der Waals surface area contributed by atoms with E-state index in [2.05, 4.69) is 56.6 Å².